The van der Waals surface area contributed by atoms with Gasteiger partial charge in [-0.15, -0.1) is 0 Å². The molecule has 0 unspecified atom stereocenters. The Bertz CT molecular complexity index is 437. The lowest BCUT2D eigenvalue weighted by Crippen LogP contribution is -2.26. The molecule has 0 fully saturated rings. The maximum absolute atomic E-state index is 11.9. The number of rotatable bonds is 8. The Morgan fingerprint density at radius 1 is 1.35 bits per heavy atom. The molecule has 0 spiro atoms. The van der Waals surface area contributed by atoms with E-state index in [1.807, 2.05) is 18.5 Å². The largest absolute Gasteiger partial charge is 0.356 e. The molecule has 1 aromatic heterocycles. The molecule has 0 aliphatic carbocycles. The van der Waals surface area contributed by atoms with Gasteiger partial charge in [0.15, 0.2) is 0 Å². The summed E-state index contributed by atoms with van der Waals surface area (Å²) in [4.78, 5) is 11.9. The summed E-state index contributed by atoms with van der Waals surface area (Å²) >= 11 is 0. The molecule has 0 aromatic carbocycles. The molecule has 0 aliphatic rings. The van der Waals surface area contributed by atoms with Crippen LogP contribution in [0.3, 0.4) is 0 Å². The van der Waals surface area contributed by atoms with Crippen molar-refractivity contribution in [3.05, 3.63) is 17.0 Å². The highest BCUT2D eigenvalue weighted by Crippen LogP contribution is 2.15. The Labute approximate surface area is 121 Å². The summed E-state index contributed by atoms with van der Waals surface area (Å²) in [5.74, 6) is 0.614. The molecule has 5 heteroatoms. The smallest absolute Gasteiger partial charge is 0.224 e. The molecular weight excluding hydrogens is 252 g/mol. The number of nitrogens with zero attached hydrogens (tertiary/aromatic N) is 2. The highest BCUT2D eigenvalue weighted by atomic mass is 16.1. The number of nitrogens with two attached hydrogens (primary N) is 1. The number of carbonyl (C=O) groups excluding carboxylic acids is 1. The minimum absolute atomic E-state index is 0.0670. The maximum atomic E-state index is 11.9. The summed E-state index contributed by atoms with van der Waals surface area (Å²) in [6, 6.07) is 0. The third kappa shape index (κ3) is 4.96. The lowest BCUT2D eigenvalue weighted by Gasteiger charge is -2.08. The first-order valence-corrected chi connectivity index (χ1v) is 7.45. The number of unbranched alkanes of at least 4 members (excludes halogenated alkanes) is 1. The van der Waals surface area contributed by atoms with E-state index in [0.717, 1.165) is 36.3 Å². The van der Waals surface area contributed by atoms with Crippen molar-refractivity contribution < 1.29 is 4.79 Å². The summed E-state index contributed by atoms with van der Waals surface area (Å²) in [5.41, 5.74) is 8.55. The van der Waals surface area contributed by atoms with Gasteiger partial charge in [0.2, 0.25) is 5.91 Å². The van der Waals surface area contributed by atoms with Gasteiger partial charge in [-0.2, -0.15) is 5.10 Å². The van der Waals surface area contributed by atoms with E-state index in [0.29, 0.717) is 25.4 Å². The normalized spacial score (nSPS) is 11.1. The molecule has 5 nitrogen and oxygen atoms in total. The van der Waals surface area contributed by atoms with Crippen molar-refractivity contribution in [2.75, 3.05) is 13.1 Å². The highest BCUT2D eigenvalue weighted by molar-refractivity contribution is 5.79. The molecule has 0 atom stereocenters. The lowest BCUT2D eigenvalue weighted by molar-refractivity contribution is -0.120. The molecule has 0 bridgehead atoms. The number of hydrogen-bond donors (Lipinski definition) is 2. The fourth-order valence-electron chi connectivity index (χ4n) is 2.23. The van der Waals surface area contributed by atoms with Gasteiger partial charge in [-0.1, -0.05) is 13.8 Å². The zero-order chi connectivity index (χ0) is 15.1. The number of amides is 1. The molecule has 0 saturated heterocycles. The van der Waals surface area contributed by atoms with Gasteiger partial charge in [0.05, 0.1) is 12.1 Å². The van der Waals surface area contributed by atoms with Gasteiger partial charge in [0.1, 0.15) is 0 Å². The van der Waals surface area contributed by atoms with E-state index in [-0.39, 0.29) is 5.91 Å². The Morgan fingerprint density at radius 2 is 2.05 bits per heavy atom. The first-order valence-electron chi connectivity index (χ1n) is 7.45. The van der Waals surface area contributed by atoms with Crippen LogP contribution in [-0.2, 0) is 17.8 Å². The molecule has 1 aromatic rings. The molecule has 0 saturated carbocycles. The fraction of sp³-hybridized carbons (Fsp3) is 0.733. The Balaban J connectivity index is 2.58. The maximum Gasteiger partial charge on any atom is 0.224 e. The van der Waals surface area contributed by atoms with E-state index in [9.17, 15) is 4.79 Å². The molecular formula is C15H28N4O. The second-order valence-corrected chi connectivity index (χ2v) is 5.75. The molecule has 0 aliphatic heterocycles. The first kappa shape index (κ1) is 16.7. The topological polar surface area (TPSA) is 72.9 Å². The van der Waals surface area contributed by atoms with Crippen LogP contribution in [0, 0.1) is 19.8 Å². The lowest BCUT2D eigenvalue weighted by atomic mass is 10.1. The molecule has 0 radical (unpaired) electrons. The molecule has 20 heavy (non-hydrogen) atoms. The second kappa shape index (κ2) is 8.04. The van der Waals surface area contributed by atoms with E-state index in [4.69, 9.17) is 5.73 Å². The zero-order valence-electron chi connectivity index (χ0n) is 13.2. The summed E-state index contributed by atoms with van der Waals surface area (Å²) in [7, 11) is 0. The van der Waals surface area contributed by atoms with Crippen molar-refractivity contribution in [1.29, 1.82) is 0 Å². The van der Waals surface area contributed by atoms with Crippen LogP contribution < -0.4 is 11.1 Å². The van der Waals surface area contributed by atoms with E-state index in [2.05, 4.69) is 24.3 Å². The Hall–Kier alpha value is -1.36. The van der Waals surface area contributed by atoms with Crippen LogP contribution in [0.25, 0.3) is 0 Å². The van der Waals surface area contributed by atoms with Gasteiger partial charge in [0, 0.05) is 24.3 Å². The van der Waals surface area contributed by atoms with Gasteiger partial charge >= 0.3 is 0 Å². The van der Waals surface area contributed by atoms with Crippen LogP contribution in [0.1, 0.15) is 43.6 Å². The van der Waals surface area contributed by atoms with Crippen molar-refractivity contribution in [3.63, 3.8) is 0 Å². The van der Waals surface area contributed by atoms with Gasteiger partial charge in [-0.05, 0) is 39.2 Å². The fourth-order valence-corrected chi connectivity index (χ4v) is 2.23. The number of aryl methyl sites for hydroxylation is 1. The van der Waals surface area contributed by atoms with Gasteiger partial charge in [-0.3, -0.25) is 9.48 Å². The number of hydrogen-bond acceptors (Lipinski definition) is 3. The van der Waals surface area contributed by atoms with Gasteiger partial charge < -0.3 is 11.1 Å². The van der Waals surface area contributed by atoms with Crippen LogP contribution in [0.15, 0.2) is 0 Å². The van der Waals surface area contributed by atoms with Crippen molar-refractivity contribution in [2.45, 2.75) is 53.5 Å². The van der Waals surface area contributed by atoms with E-state index in [1.165, 1.54) is 0 Å². The molecule has 1 rings (SSSR count). The monoisotopic (exact) mass is 280 g/mol. The average Bonchev–Trinajstić information content (AvgIpc) is 2.62. The van der Waals surface area contributed by atoms with Crippen molar-refractivity contribution in [1.82, 2.24) is 15.1 Å². The standard InChI is InChI=1S/C15H28N4O/c1-11(2)10-19-13(4)14(12(3)18-19)9-15(20)17-8-6-5-7-16/h11H,5-10,16H2,1-4H3,(H,17,20). The van der Waals surface area contributed by atoms with Crippen molar-refractivity contribution >= 4 is 5.91 Å². The van der Waals surface area contributed by atoms with Gasteiger partial charge in [0.25, 0.3) is 0 Å². The molecule has 3 N–H and O–H groups in total. The van der Waals surface area contributed by atoms with Crippen LogP contribution in [0.5, 0.6) is 0 Å². The Kier molecular flexibility index (Phi) is 6.71. The van der Waals surface area contributed by atoms with Gasteiger partial charge in [-0.25, -0.2) is 0 Å². The predicted octanol–water partition coefficient (Wildman–Crippen LogP) is 1.55. The van der Waals surface area contributed by atoms with Crippen molar-refractivity contribution in [2.24, 2.45) is 11.7 Å². The predicted molar refractivity (Wildman–Crippen MR) is 81.5 cm³/mol. The minimum atomic E-state index is 0.0670. The third-order valence-corrected chi connectivity index (χ3v) is 3.36. The number of carbonyl (C=O) groups is 1. The summed E-state index contributed by atoms with van der Waals surface area (Å²) in [5, 5.41) is 7.47. The summed E-state index contributed by atoms with van der Waals surface area (Å²) < 4.78 is 2.01. The van der Waals surface area contributed by atoms with Crippen LogP contribution in [-0.4, -0.2) is 28.8 Å². The van der Waals surface area contributed by atoms with E-state index < -0.39 is 0 Å². The SMILES string of the molecule is Cc1nn(CC(C)C)c(C)c1CC(=O)NCCCCN. The number of aromatic nitrogens is 2. The zero-order valence-corrected chi connectivity index (χ0v) is 13.2. The average molecular weight is 280 g/mol. The molecule has 1 heterocycles. The first-order chi connectivity index (χ1) is 9.45. The Morgan fingerprint density at radius 3 is 2.65 bits per heavy atom. The number of nitrogens with one attached hydrogen (secondary N) is 1. The third-order valence-electron chi connectivity index (χ3n) is 3.36. The summed E-state index contributed by atoms with van der Waals surface area (Å²) in [6.45, 7) is 10.6. The molecule has 1 amide bonds. The van der Waals surface area contributed by atoms with E-state index in [1.54, 1.807) is 0 Å². The van der Waals surface area contributed by atoms with Crippen molar-refractivity contribution in [3.8, 4) is 0 Å². The van der Waals surface area contributed by atoms with Crippen LogP contribution in [0.2, 0.25) is 0 Å². The van der Waals surface area contributed by atoms with E-state index >= 15 is 0 Å². The highest BCUT2D eigenvalue weighted by Gasteiger charge is 2.15. The van der Waals surface area contributed by atoms with Crippen LogP contribution >= 0.6 is 0 Å². The quantitative estimate of drug-likeness (QED) is 0.710. The molecule has 114 valence electrons. The second-order valence-electron chi connectivity index (χ2n) is 5.75. The minimum Gasteiger partial charge on any atom is -0.356 e. The van der Waals surface area contributed by atoms with Crippen LogP contribution in [0.4, 0.5) is 0 Å². The summed E-state index contributed by atoms with van der Waals surface area (Å²) in [6.07, 6.45) is 2.30.